The van der Waals surface area contributed by atoms with Crippen molar-refractivity contribution in [2.24, 2.45) is 4.99 Å². The van der Waals surface area contributed by atoms with Crippen LogP contribution in [-0.4, -0.2) is 35.5 Å². The first-order valence-corrected chi connectivity index (χ1v) is 7.59. The van der Waals surface area contributed by atoms with Gasteiger partial charge in [0.05, 0.1) is 23.7 Å². The number of nitrogens with zero attached hydrogens (tertiary/aromatic N) is 2. The number of imide groups is 1. The van der Waals surface area contributed by atoms with Crippen LogP contribution >= 0.6 is 0 Å². The maximum Gasteiger partial charge on any atom is 0.262 e. The highest BCUT2D eigenvalue weighted by atomic mass is 19.1. The zero-order chi connectivity index (χ0) is 16.7. The van der Waals surface area contributed by atoms with Gasteiger partial charge >= 0.3 is 0 Å². The van der Waals surface area contributed by atoms with Gasteiger partial charge in [-0.05, 0) is 41.5 Å². The topological polar surface area (TPSA) is 49.7 Å². The summed E-state index contributed by atoms with van der Waals surface area (Å²) in [6, 6.07) is 12.3. The maximum atomic E-state index is 13.2. The van der Waals surface area contributed by atoms with Crippen molar-refractivity contribution < 1.29 is 14.0 Å². The van der Waals surface area contributed by atoms with Crippen LogP contribution in [0.1, 0.15) is 26.3 Å². The fraction of sp³-hybridized carbons (Fsp3) is 0.105. The number of rotatable bonds is 2. The summed E-state index contributed by atoms with van der Waals surface area (Å²) in [5, 5.41) is 0. The second kappa shape index (κ2) is 5.53. The molecule has 2 amide bonds. The van der Waals surface area contributed by atoms with E-state index in [0.717, 1.165) is 11.1 Å². The molecular weight excluding hydrogens is 307 g/mol. The van der Waals surface area contributed by atoms with E-state index in [0.29, 0.717) is 17.7 Å². The number of hydrogen-bond donors (Lipinski definition) is 0. The van der Waals surface area contributed by atoms with Crippen molar-refractivity contribution in [1.29, 1.82) is 0 Å². The van der Waals surface area contributed by atoms with E-state index in [1.165, 1.54) is 17.0 Å². The van der Waals surface area contributed by atoms with E-state index in [9.17, 15) is 14.0 Å². The largest absolute Gasteiger partial charge is 0.291 e. The average Bonchev–Trinajstić information content (AvgIpc) is 2.87. The van der Waals surface area contributed by atoms with Gasteiger partial charge in [-0.25, -0.2) is 4.39 Å². The zero-order valence-electron chi connectivity index (χ0n) is 12.6. The number of hydrogen-bond acceptors (Lipinski definition) is 3. The predicted octanol–water partition coefficient (Wildman–Crippen LogP) is 2.96. The number of halogens is 1. The quantitative estimate of drug-likeness (QED) is 0.799. The Balaban J connectivity index is 1.75. The number of carbonyl (C=O) groups is 2. The lowest BCUT2D eigenvalue weighted by atomic mass is 9.95. The smallest absolute Gasteiger partial charge is 0.262 e. The minimum absolute atomic E-state index is 0.300. The van der Waals surface area contributed by atoms with Crippen molar-refractivity contribution in [3.05, 3.63) is 77.1 Å². The molecule has 0 radical (unpaired) electrons. The van der Waals surface area contributed by atoms with Crippen LogP contribution in [0, 0.1) is 5.82 Å². The molecule has 0 aromatic heterocycles. The van der Waals surface area contributed by atoms with Gasteiger partial charge in [0.2, 0.25) is 0 Å². The highest BCUT2D eigenvalue weighted by molar-refractivity contribution is 6.22. The molecular formula is C19H13FN2O2. The SMILES string of the molecule is O=C1c2ccccc2C(=O)N1[C@@H]1CN=CC=C1c1ccc(F)cc1. The van der Waals surface area contributed by atoms with E-state index in [2.05, 4.69) is 4.99 Å². The van der Waals surface area contributed by atoms with Crippen LogP contribution in [0.3, 0.4) is 0 Å². The molecule has 0 bridgehead atoms. The van der Waals surface area contributed by atoms with Gasteiger partial charge < -0.3 is 0 Å². The Morgan fingerprint density at radius 2 is 1.58 bits per heavy atom. The lowest BCUT2D eigenvalue weighted by molar-refractivity contribution is 0.0624. The Labute approximate surface area is 137 Å². The molecule has 4 rings (SSSR count). The van der Waals surface area contributed by atoms with Crippen molar-refractivity contribution >= 4 is 23.6 Å². The average molecular weight is 320 g/mol. The first kappa shape index (κ1) is 14.5. The molecule has 0 fully saturated rings. The molecule has 0 N–H and O–H groups in total. The molecule has 0 saturated heterocycles. The lowest BCUT2D eigenvalue weighted by Crippen LogP contribution is -2.43. The van der Waals surface area contributed by atoms with Crippen molar-refractivity contribution in [1.82, 2.24) is 4.90 Å². The summed E-state index contributed by atoms with van der Waals surface area (Å²) in [6.07, 6.45) is 3.41. The molecule has 1 atom stereocenters. The van der Waals surface area contributed by atoms with Gasteiger partial charge in [-0.3, -0.25) is 19.5 Å². The van der Waals surface area contributed by atoms with Gasteiger partial charge in [-0.2, -0.15) is 0 Å². The zero-order valence-corrected chi connectivity index (χ0v) is 12.6. The molecule has 2 heterocycles. The number of carbonyl (C=O) groups excluding carboxylic acids is 2. The first-order chi connectivity index (χ1) is 11.7. The predicted molar refractivity (Wildman–Crippen MR) is 88.5 cm³/mol. The van der Waals surface area contributed by atoms with Crippen LogP contribution in [-0.2, 0) is 0 Å². The van der Waals surface area contributed by atoms with Gasteiger partial charge in [0, 0.05) is 6.21 Å². The molecule has 0 saturated carbocycles. The summed E-state index contributed by atoms with van der Waals surface area (Å²) in [5.41, 5.74) is 2.37. The van der Waals surface area contributed by atoms with Crippen molar-refractivity contribution in [2.45, 2.75) is 6.04 Å². The van der Waals surface area contributed by atoms with Gasteiger partial charge in [0.15, 0.2) is 0 Å². The highest BCUT2D eigenvalue weighted by Crippen LogP contribution is 2.31. The van der Waals surface area contributed by atoms with Gasteiger partial charge in [-0.15, -0.1) is 0 Å². The minimum Gasteiger partial charge on any atom is -0.291 e. The maximum absolute atomic E-state index is 13.2. The lowest BCUT2D eigenvalue weighted by Gasteiger charge is -2.29. The van der Waals surface area contributed by atoms with Crippen molar-refractivity contribution in [3.8, 4) is 0 Å². The summed E-state index contributed by atoms with van der Waals surface area (Å²) in [5.74, 6) is -0.961. The number of aliphatic imine (C=N–C) groups is 1. The van der Waals surface area contributed by atoms with Crippen LogP contribution in [0.25, 0.3) is 5.57 Å². The number of dihydropyridines is 1. The normalized spacial score (nSPS) is 19.5. The fourth-order valence-corrected chi connectivity index (χ4v) is 3.15. The standard InChI is InChI=1S/C19H13FN2O2/c20-13-7-5-12(6-8-13)14-9-10-21-11-17(14)22-18(23)15-3-1-2-4-16(15)19(22)24/h1-10,17H,11H2/t17-/m1/s1. The molecule has 2 aromatic carbocycles. The van der Waals surface area contributed by atoms with Crippen LogP contribution in [0.2, 0.25) is 0 Å². The molecule has 4 nitrogen and oxygen atoms in total. The Hall–Kier alpha value is -3.08. The summed E-state index contributed by atoms with van der Waals surface area (Å²) in [6.45, 7) is 0.300. The monoisotopic (exact) mass is 320 g/mol. The van der Waals surface area contributed by atoms with E-state index < -0.39 is 6.04 Å². The van der Waals surface area contributed by atoms with Crippen LogP contribution in [0.15, 0.2) is 59.6 Å². The van der Waals surface area contributed by atoms with Gasteiger partial charge in [0.1, 0.15) is 5.82 Å². The van der Waals surface area contributed by atoms with Gasteiger partial charge in [0.25, 0.3) is 11.8 Å². The number of amides is 2. The molecule has 2 aliphatic heterocycles. The number of fused-ring (bicyclic) bond motifs is 1. The van der Waals surface area contributed by atoms with Gasteiger partial charge in [-0.1, -0.05) is 24.3 Å². The molecule has 0 unspecified atom stereocenters. The van der Waals surface area contributed by atoms with E-state index in [-0.39, 0.29) is 17.6 Å². The van der Waals surface area contributed by atoms with E-state index in [1.807, 2.05) is 0 Å². The molecule has 0 aliphatic carbocycles. The Bertz CT molecular complexity index is 865. The number of allylic oxidation sites excluding steroid dienone is 1. The Morgan fingerprint density at radius 3 is 2.21 bits per heavy atom. The van der Waals surface area contributed by atoms with Crippen molar-refractivity contribution in [2.75, 3.05) is 6.54 Å². The first-order valence-electron chi connectivity index (χ1n) is 7.59. The van der Waals surface area contributed by atoms with Crippen LogP contribution in [0.5, 0.6) is 0 Å². The van der Waals surface area contributed by atoms with Crippen LogP contribution < -0.4 is 0 Å². The van der Waals surface area contributed by atoms with E-state index in [4.69, 9.17) is 0 Å². The molecule has 118 valence electrons. The summed E-state index contributed by atoms with van der Waals surface area (Å²) in [7, 11) is 0. The molecule has 5 heteroatoms. The third kappa shape index (κ3) is 2.17. The third-order valence-corrected chi connectivity index (χ3v) is 4.31. The highest BCUT2D eigenvalue weighted by Gasteiger charge is 2.41. The molecule has 24 heavy (non-hydrogen) atoms. The summed E-state index contributed by atoms with van der Waals surface area (Å²) < 4.78 is 13.2. The minimum atomic E-state index is -0.493. The van der Waals surface area contributed by atoms with Crippen molar-refractivity contribution in [3.63, 3.8) is 0 Å². The van der Waals surface area contributed by atoms with Crippen LogP contribution in [0.4, 0.5) is 4.39 Å². The third-order valence-electron chi connectivity index (χ3n) is 4.31. The second-order valence-corrected chi connectivity index (χ2v) is 5.68. The summed E-state index contributed by atoms with van der Waals surface area (Å²) in [4.78, 5) is 30.9. The van der Waals surface area contributed by atoms with E-state index >= 15 is 0 Å². The Kier molecular flexibility index (Phi) is 3.34. The Morgan fingerprint density at radius 1 is 0.958 bits per heavy atom. The second-order valence-electron chi connectivity index (χ2n) is 5.68. The number of benzene rings is 2. The van der Waals surface area contributed by atoms with E-state index in [1.54, 1.807) is 48.7 Å². The molecule has 0 spiro atoms. The molecule has 2 aliphatic rings. The summed E-state index contributed by atoms with van der Waals surface area (Å²) >= 11 is 0. The fourth-order valence-electron chi connectivity index (χ4n) is 3.15. The molecule has 2 aromatic rings.